The second-order valence-electron chi connectivity index (χ2n) is 4.98. The van der Waals surface area contributed by atoms with Gasteiger partial charge in [0.1, 0.15) is 17.9 Å². The Kier molecular flexibility index (Phi) is 4.37. The van der Waals surface area contributed by atoms with Gasteiger partial charge in [-0.1, -0.05) is 6.07 Å². The van der Waals surface area contributed by atoms with Crippen molar-refractivity contribution in [3.63, 3.8) is 0 Å². The van der Waals surface area contributed by atoms with Crippen LogP contribution < -0.4 is 4.90 Å². The molecule has 1 aromatic carbocycles. The summed E-state index contributed by atoms with van der Waals surface area (Å²) in [6, 6.07) is 5.76. The molecule has 1 amide bonds. The van der Waals surface area contributed by atoms with Crippen molar-refractivity contribution in [2.45, 2.75) is 26.4 Å². The van der Waals surface area contributed by atoms with Crippen molar-refractivity contribution in [1.29, 1.82) is 0 Å². The number of rotatable bonds is 3. The van der Waals surface area contributed by atoms with Crippen LogP contribution in [0.15, 0.2) is 24.3 Å². The standard InChI is InChI=1S/C13H17NO5/c1-13(2,3)19-12(18)14(8-11(16)17)9-5-4-6-10(15)7-9/h4-7,15H,8H2,1-3H3,(H,16,17). The zero-order valence-corrected chi connectivity index (χ0v) is 11.1. The summed E-state index contributed by atoms with van der Waals surface area (Å²) in [6.45, 7) is 4.52. The van der Waals surface area contributed by atoms with E-state index in [1.54, 1.807) is 20.8 Å². The minimum absolute atomic E-state index is 0.0588. The third-order valence-electron chi connectivity index (χ3n) is 2.05. The van der Waals surface area contributed by atoms with Gasteiger partial charge in [-0.25, -0.2) is 4.79 Å². The van der Waals surface area contributed by atoms with Crippen molar-refractivity contribution in [2.75, 3.05) is 11.4 Å². The Hall–Kier alpha value is -2.24. The number of hydrogen-bond acceptors (Lipinski definition) is 4. The molecule has 0 aliphatic carbocycles. The van der Waals surface area contributed by atoms with Crippen molar-refractivity contribution >= 4 is 17.7 Å². The van der Waals surface area contributed by atoms with Gasteiger partial charge in [-0.15, -0.1) is 0 Å². The summed E-state index contributed by atoms with van der Waals surface area (Å²) < 4.78 is 5.14. The highest BCUT2D eigenvalue weighted by atomic mass is 16.6. The third kappa shape index (κ3) is 4.87. The number of aliphatic carboxylic acids is 1. The van der Waals surface area contributed by atoms with Gasteiger partial charge < -0.3 is 14.9 Å². The normalized spacial score (nSPS) is 10.9. The van der Waals surface area contributed by atoms with E-state index in [4.69, 9.17) is 9.84 Å². The lowest BCUT2D eigenvalue weighted by Gasteiger charge is -2.26. The summed E-state index contributed by atoms with van der Waals surface area (Å²) in [6.07, 6.45) is -0.777. The van der Waals surface area contributed by atoms with E-state index in [-0.39, 0.29) is 11.4 Å². The number of phenolic OH excluding ortho intramolecular Hbond substituents is 1. The van der Waals surface area contributed by atoms with Gasteiger partial charge in [0.05, 0.1) is 5.69 Å². The predicted octanol–water partition coefficient (Wildman–Crippen LogP) is 2.22. The molecule has 0 atom stereocenters. The fourth-order valence-electron chi connectivity index (χ4n) is 1.37. The molecule has 1 rings (SSSR count). The largest absolute Gasteiger partial charge is 0.508 e. The van der Waals surface area contributed by atoms with E-state index in [2.05, 4.69) is 0 Å². The molecule has 6 nitrogen and oxygen atoms in total. The van der Waals surface area contributed by atoms with Crippen LogP contribution in [-0.2, 0) is 9.53 Å². The minimum atomic E-state index is -1.17. The molecule has 0 fully saturated rings. The summed E-state index contributed by atoms with van der Waals surface area (Å²) in [7, 11) is 0. The number of hydrogen-bond donors (Lipinski definition) is 2. The Labute approximate surface area is 111 Å². The average molecular weight is 267 g/mol. The zero-order valence-electron chi connectivity index (χ0n) is 11.1. The van der Waals surface area contributed by atoms with Gasteiger partial charge in [0.15, 0.2) is 0 Å². The van der Waals surface area contributed by atoms with Crippen molar-refractivity contribution in [3.8, 4) is 5.75 Å². The Morgan fingerprint density at radius 2 is 1.95 bits per heavy atom. The molecule has 0 aliphatic heterocycles. The molecule has 0 aliphatic rings. The van der Waals surface area contributed by atoms with Gasteiger partial charge in [0.25, 0.3) is 0 Å². The Balaban J connectivity index is 3.01. The molecule has 0 bridgehead atoms. The fraction of sp³-hybridized carbons (Fsp3) is 0.385. The molecule has 2 N–H and O–H groups in total. The van der Waals surface area contributed by atoms with Gasteiger partial charge >= 0.3 is 12.1 Å². The molecule has 0 unspecified atom stereocenters. The quantitative estimate of drug-likeness (QED) is 0.876. The van der Waals surface area contributed by atoms with Crippen LogP contribution in [0, 0.1) is 0 Å². The van der Waals surface area contributed by atoms with Crippen LogP contribution in [-0.4, -0.2) is 34.4 Å². The number of aromatic hydroxyl groups is 1. The van der Waals surface area contributed by atoms with Crippen molar-refractivity contribution in [2.24, 2.45) is 0 Å². The molecule has 1 aromatic rings. The smallest absolute Gasteiger partial charge is 0.415 e. The molecule has 0 saturated heterocycles. The predicted molar refractivity (Wildman–Crippen MR) is 69.3 cm³/mol. The number of carbonyl (C=O) groups is 2. The van der Waals surface area contributed by atoms with E-state index < -0.39 is 24.2 Å². The summed E-state index contributed by atoms with van der Waals surface area (Å²) >= 11 is 0. The Morgan fingerprint density at radius 1 is 1.32 bits per heavy atom. The number of carbonyl (C=O) groups excluding carboxylic acids is 1. The summed E-state index contributed by atoms with van der Waals surface area (Å²) in [4.78, 5) is 23.7. The van der Waals surface area contributed by atoms with Crippen molar-refractivity contribution < 1.29 is 24.5 Å². The first kappa shape index (κ1) is 14.8. The molecule has 0 saturated carbocycles. The number of benzene rings is 1. The van der Waals surface area contributed by atoms with Crippen LogP contribution >= 0.6 is 0 Å². The second-order valence-corrected chi connectivity index (χ2v) is 4.98. The lowest BCUT2D eigenvalue weighted by Crippen LogP contribution is -2.39. The topological polar surface area (TPSA) is 87.1 Å². The molecule has 0 radical (unpaired) electrons. The van der Waals surface area contributed by atoms with Crippen LogP contribution in [0.2, 0.25) is 0 Å². The van der Waals surface area contributed by atoms with Gasteiger partial charge in [-0.3, -0.25) is 9.69 Å². The van der Waals surface area contributed by atoms with Gasteiger partial charge in [-0.2, -0.15) is 0 Å². The highest BCUT2D eigenvalue weighted by Crippen LogP contribution is 2.22. The van der Waals surface area contributed by atoms with E-state index in [9.17, 15) is 14.7 Å². The number of anilines is 1. The number of ether oxygens (including phenoxy) is 1. The zero-order chi connectivity index (χ0) is 14.6. The third-order valence-corrected chi connectivity index (χ3v) is 2.05. The van der Waals surface area contributed by atoms with Crippen LogP contribution in [0.25, 0.3) is 0 Å². The van der Waals surface area contributed by atoms with Gasteiger partial charge in [0.2, 0.25) is 0 Å². The Bertz CT molecular complexity index is 478. The lowest BCUT2D eigenvalue weighted by molar-refractivity contribution is -0.135. The first-order valence-electron chi connectivity index (χ1n) is 5.70. The molecular formula is C13H17NO5. The molecule has 19 heavy (non-hydrogen) atoms. The van der Waals surface area contributed by atoms with Gasteiger partial charge in [0, 0.05) is 6.07 Å². The first-order chi connectivity index (χ1) is 8.69. The number of phenols is 1. The molecule has 104 valence electrons. The van der Waals surface area contributed by atoms with E-state index in [0.29, 0.717) is 0 Å². The number of carboxylic acids is 1. The fourth-order valence-corrected chi connectivity index (χ4v) is 1.37. The van der Waals surface area contributed by atoms with E-state index in [0.717, 1.165) is 4.90 Å². The number of carboxylic acid groups (broad SMARTS) is 1. The minimum Gasteiger partial charge on any atom is -0.508 e. The summed E-state index contributed by atoms with van der Waals surface area (Å²) in [5.74, 6) is -1.23. The molecule has 0 spiro atoms. The van der Waals surface area contributed by atoms with Crippen LogP contribution in [0.1, 0.15) is 20.8 Å². The number of nitrogens with zero attached hydrogens (tertiary/aromatic N) is 1. The molecule has 6 heteroatoms. The van der Waals surface area contributed by atoms with Crippen molar-refractivity contribution in [1.82, 2.24) is 0 Å². The molecule has 0 heterocycles. The van der Waals surface area contributed by atoms with E-state index in [1.807, 2.05) is 0 Å². The maximum absolute atomic E-state index is 12.0. The second kappa shape index (κ2) is 5.60. The first-order valence-corrected chi connectivity index (χ1v) is 5.70. The average Bonchev–Trinajstić information content (AvgIpc) is 2.23. The number of amides is 1. The maximum atomic E-state index is 12.0. The molecule has 0 aromatic heterocycles. The van der Waals surface area contributed by atoms with Crippen molar-refractivity contribution in [3.05, 3.63) is 24.3 Å². The van der Waals surface area contributed by atoms with Gasteiger partial charge in [-0.05, 0) is 32.9 Å². The van der Waals surface area contributed by atoms with E-state index in [1.165, 1.54) is 24.3 Å². The Morgan fingerprint density at radius 3 is 2.42 bits per heavy atom. The summed E-state index contributed by atoms with van der Waals surface area (Å²) in [5, 5.41) is 18.2. The lowest BCUT2D eigenvalue weighted by atomic mass is 10.2. The van der Waals surface area contributed by atoms with E-state index >= 15 is 0 Å². The van der Waals surface area contributed by atoms with Crippen LogP contribution in [0.5, 0.6) is 5.75 Å². The summed E-state index contributed by atoms with van der Waals surface area (Å²) in [5.41, 5.74) is -0.471. The highest BCUT2D eigenvalue weighted by Gasteiger charge is 2.25. The SMILES string of the molecule is CC(C)(C)OC(=O)N(CC(=O)O)c1cccc(O)c1. The molecular weight excluding hydrogens is 250 g/mol. The van der Waals surface area contributed by atoms with Crippen LogP contribution in [0.3, 0.4) is 0 Å². The highest BCUT2D eigenvalue weighted by molar-refractivity contribution is 5.93. The van der Waals surface area contributed by atoms with Crippen LogP contribution in [0.4, 0.5) is 10.5 Å². The monoisotopic (exact) mass is 267 g/mol. The maximum Gasteiger partial charge on any atom is 0.415 e.